The minimum atomic E-state index is -3.36. The highest BCUT2D eigenvalue weighted by molar-refractivity contribution is 7.90. The second-order valence-corrected chi connectivity index (χ2v) is 9.12. The highest BCUT2D eigenvalue weighted by Gasteiger charge is 2.23. The van der Waals surface area contributed by atoms with E-state index in [1.54, 1.807) is 30.3 Å². The summed E-state index contributed by atoms with van der Waals surface area (Å²) < 4.78 is 46.8. The van der Waals surface area contributed by atoms with Gasteiger partial charge in [0, 0.05) is 12.8 Å². The highest BCUT2D eigenvalue weighted by atomic mass is 32.2. The molecule has 0 aliphatic rings. The molecular weight excluding hydrogens is 427 g/mol. The number of amides is 2. The van der Waals surface area contributed by atoms with Gasteiger partial charge in [0.05, 0.1) is 12.9 Å². The molecule has 0 saturated carbocycles. The molecule has 168 valence electrons. The number of methoxy groups -OCH3 is 1. The molecule has 0 heterocycles. The number of alkyl carbamates (subject to hydrolysis) is 1. The first-order valence-electron chi connectivity index (χ1n) is 9.43. The van der Waals surface area contributed by atoms with E-state index in [1.165, 1.54) is 19.2 Å². The van der Waals surface area contributed by atoms with E-state index >= 15 is 0 Å². The van der Waals surface area contributed by atoms with E-state index in [9.17, 15) is 22.4 Å². The summed E-state index contributed by atoms with van der Waals surface area (Å²) in [6, 6.07) is 12.0. The van der Waals surface area contributed by atoms with Gasteiger partial charge in [0.15, 0.2) is 11.6 Å². The van der Waals surface area contributed by atoms with Crippen LogP contribution in [0.15, 0.2) is 48.5 Å². The third-order valence-electron chi connectivity index (χ3n) is 4.28. The maximum absolute atomic E-state index is 13.8. The number of carbonyl (C=O) groups is 2. The molecule has 0 fully saturated rings. The van der Waals surface area contributed by atoms with Gasteiger partial charge < -0.3 is 20.1 Å². The van der Waals surface area contributed by atoms with Crippen LogP contribution in [0.3, 0.4) is 0 Å². The van der Waals surface area contributed by atoms with Crippen LogP contribution in [0.2, 0.25) is 0 Å². The van der Waals surface area contributed by atoms with E-state index in [4.69, 9.17) is 9.47 Å². The van der Waals surface area contributed by atoms with Gasteiger partial charge in [0.25, 0.3) is 0 Å². The first-order valence-corrected chi connectivity index (χ1v) is 11.5. The molecule has 0 radical (unpaired) electrons. The minimum absolute atomic E-state index is 0.00177. The van der Waals surface area contributed by atoms with Crippen LogP contribution >= 0.6 is 0 Å². The summed E-state index contributed by atoms with van der Waals surface area (Å²) in [5, 5.41) is 4.96. The highest BCUT2D eigenvalue weighted by Crippen LogP contribution is 2.17. The maximum atomic E-state index is 13.8. The quantitative estimate of drug-likeness (QED) is 0.572. The van der Waals surface area contributed by atoms with E-state index in [2.05, 4.69) is 10.6 Å². The average molecular weight is 453 g/mol. The Morgan fingerprint density at radius 3 is 2.42 bits per heavy atom. The van der Waals surface area contributed by atoms with Crippen LogP contribution in [0.4, 0.5) is 9.18 Å². The minimum Gasteiger partial charge on any atom is -0.494 e. The van der Waals surface area contributed by atoms with Crippen molar-refractivity contribution in [2.75, 3.05) is 19.1 Å². The van der Waals surface area contributed by atoms with Crippen molar-refractivity contribution < 1.29 is 31.9 Å². The lowest BCUT2D eigenvalue weighted by Crippen LogP contribution is -2.47. The van der Waals surface area contributed by atoms with Crippen molar-refractivity contribution in [3.8, 4) is 5.75 Å². The van der Waals surface area contributed by atoms with Crippen LogP contribution in [0.1, 0.15) is 17.5 Å². The smallest absolute Gasteiger partial charge is 0.408 e. The third kappa shape index (κ3) is 8.63. The molecule has 2 amide bonds. The molecule has 0 saturated heterocycles. The second-order valence-electron chi connectivity index (χ2n) is 6.86. The predicted molar refractivity (Wildman–Crippen MR) is 113 cm³/mol. The number of benzene rings is 2. The number of hydrogen-bond acceptors (Lipinski definition) is 6. The van der Waals surface area contributed by atoms with Crippen LogP contribution in [-0.2, 0) is 32.5 Å². The fourth-order valence-electron chi connectivity index (χ4n) is 2.64. The number of halogens is 1. The Hall–Kier alpha value is -3.14. The molecule has 8 nitrogen and oxygen atoms in total. The molecule has 0 spiro atoms. The Morgan fingerprint density at radius 1 is 1.10 bits per heavy atom. The third-order valence-corrected chi connectivity index (χ3v) is 5.26. The molecule has 1 atom stereocenters. The van der Waals surface area contributed by atoms with Crippen molar-refractivity contribution in [3.63, 3.8) is 0 Å². The summed E-state index contributed by atoms with van der Waals surface area (Å²) in [5.74, 6) is -1.42. The van der Waals surface area contributed by atoms with E-state index in [-0.39, 0.29) is 31.1 Å². The lowest BCUT2D eigenvalue weighted by atomic mass is 10.2. The van der Waals surface area contributed by atoms with Crippen LogP contribution < -0.4 is 15.4 Å². The predicted octanol–water partition coefficient (Wildman–Crippen LogP) is 2.18. The average Bonchev–Trinajstić information content (AvgIpc) is 2.73. The Labute approximate surface area is 180 Å². The zero-order chi connectivity index (χ0) is 22.9. The summed E-state index contributed by atoms with van der Waals surface area (Å²) in [6.45, 7) is -0.0198. The Morgan fingerprint density at radius 2 is 1.81 bits per heavy atom. The van der Waals surface area contributed by atoms with Gasteiger partial charge in [-0.05, 0) is 29.7 Å². The van der Waals surface area contributed by atoms with Crippen LogP contribution in [0.5, 0.6) is 5.75 Å². The molecule has 2 rings (SSSR count). The van der Waals surface area contributed by atoms with E-state index in [1.807, 2.05) is 6.07 Å². The number of ether oxygens (including phenoxy) is 2. The fourth-order valence-corrected chi connectivity index (χ4v) is 3.30. The maximum Gasteiger partial charge on any atom is 0.408 e. The molecule has 0 bridgehead atoms. The van der Waals surface area contributed by atoms with Gasteiger partial charge in [-0.25, -0.2) is 17.6 Å². The molecule has 10 heteroatoms. The van der Waals surface area contributed by atoms with Gasteiger partial charge >= 0.3 is 6.09 Å². The zero-order valence-corrected chi connectivity index (χ0v) is 18.1. The summed E-state index contributed by atoms with van der Waals surface area (Å²) >= 11 is 0. The number of sulfone groups is 1. The van der Waals surface area contributed by atoms with Crippen molar-refractivity contribution >= 4 is 21.8 Å². The normalized spacial score (nSPS) is 12.0. The molecule has 2 aromatic rings. The van der Waals surface area contributed by atoms with Gasteiger partial charge in [-0.3, -0.25) is 4.79 Å². The standard InChI is InChI=1S/C21H25FN2O6S/c1-29-19-9-8-16(12-17(19)22)13-23-20(25)18(10-11-31(2,27)28)24-21(26)30-14-15-6-4-3-5-7-15/h3-9,12,18H,10-11,13-14H2,1-2H3,(H,23,25)(H,24,26). The van der Waals surface area contributed by atoms with Gasteiger partial charge in [-0.2, -0.15) is 0 Å². The van der Waals surface area contributed by atoms with E-state index in [0.29, 0.717) is 5.56 Å². The number of hydrogen-bond donors (Lipinski definition) is 2. The Bertz CT molecular complexity index is 998. The largest absolute Gasteiger partial charge is 0.494 e. The van der Waals surface area contributed by atoms with Crippen molar-refractivity contribution in [1.29, 1.82) is 0 Å². The molecule has 0 aliphatic heterocycles. The summed E-state index contributed by atoms with van der Waals surface area (Å²) in [5.41, 5.74) is 1.23. The number of nitrogens with one attached hydrogen (secondary N) is 2. The summed E-state index contributed by atoms with van der Waals surface area (Å²) in [6.07, 6.45) is 0.0470. The molecule has 0 aromatic heterocycles. The Balaban J connectivity index is 1.97. The molecule has 0 aliphatic carbocycles. The van der Waals surface area contributed by atoms with Crippen molar-refractivity contribution in [3.05, 3.63) is 65.5 Å². The van der Waals surface area contributed by atoms with Gasteiger partial charge in [-0.15, -0.1) is 0 Å². The topological polar surface area (TPSA) is 111 Å². The first-order chi connectivity index (χ1) is 14.7. The van der Waals surface area contributed by atoms with Gasteiger partial charge in [0.1, 0.15) is 22.5 Å². The number of rotatable bonds is 10. The van der Waals surface area contributed by atoms with Crippen LogP contribution in [0, 0.1) is 5.82 Å². The van der Waals surface area contributed by atoms with Gasteiger partial charge in [-0.1, -0.05) is 36.4 Å². The molecule has 1 unspecified atom stereocenters. The summed E-state index contributed by atoms with van der Waals surface area (Å²) in [7, 11) is -2.02. The molecule has 2 aromatic carbocycles. The lowest BCUT2D eigenvalue weighted by molar-refractivity contribution is -0.123. The summed E-state index contributed by atoms with van der Waals surface area (Å²) in [4.78, 5) is 24.7. The van der Waals surface area contributed by atoms with Crippen LogP contribution in [-0.4, -0.2) is 45.6 Å². The molecular formula is C21H25FN2O6S. The molecule has 2 N–H and O–H groups in total. The van der Waals surface area contributed by atoms with Gasteiger partial charge in [0.2, 0.25) is 5.91 Å². The first kappa shape index (κ1) is 24.1. The molecule has 31 heavy (non-hydrogen) atoms. The lowest BCUT2D eigenvalue weighted by Gasteiger charge is -2.18. The van der Waals surface area contributed by atoms with Crippen molar-refractivity contribution in [1.82, 2.24) is 10.6 Å². The van der Waals surface area contributed by atoms with E-state index in [0.717, 1.165) is 11.8 Å². The second kappa shape index (κ2) is 11.3. The number of carbonyl (C=O) groups excluding carboxylic acids is 2. The Kier molecular flexibility index (Phi) is 8.80. The van der Waals surface area contributed by atoms with Crippen molar-refractivity contribution in [2.24, 2.45) is 0 Å². The monoisotopic (exact) mass is 452 g/mol. The fraction of sp³-hybridized carbons (Fsp3) is 0.333. The van der Waals surface area contributed by atoms with Crippen LogP contribution in [0.25, 0.3) is 0 Å². The van der Waals surface area contributed by atoms with Crippen molar-refractivity contribution in [2.45, 2.75) is 25.6 Å². The van der Waals surface area contributed by atoms with E-state index < -0.39 is 33.7 Å². The zero-order valence-electron chi connectivity index (χ0n) is 17.3. The SMILES string of the molecule is COc1ccc(CNC(=O)C(CCS(C)(=O)=O)NC(=O)OCc2ccccc2)cc1F.